The van der Waals surface area contributed by atoms with Crippen molar-refractivity contribution >= 4 is 0 Å². The molecule has 0 bridgehead atoms. The molecule has 0 aliphatic carbocycles. The molecule has 1 aliphatic rings. The lowest BCUT2D eigenvalue weighted by Gasteiger charge is -2.21. The minimum atomic E-state index is 0.774. The van der Waals surface area contributed by atoms with Gasteiger partial charge in [-0.3, -0.25) is 9.88 Å². The summed E-state index contributed by atoms with van der Waals surface area (Å²) in [5.74, 6) is 0. The van der Waals surface area contributed by atoms with Gasteiger partial charge in [0.15, 0.2) is 0 Å². The highest BCUT2D eigenvalue weighted by atomic mass is 15.1. The summed E-state index contributed by atoms with van der Waals surface area (Å²) >= 11 is 0. The van der Waals surface area contributed by atoms with Crippen LogP contribution in [0.2, 0.25) is 0 Å². The van der Waals surface area contributed by atoms with E-state index < -0.39 is 0 Å². The minimum Gasteiger partial charge on any atom is -0.314 e. The van der Waals surface area contributed by atoms with Crippen molar-refractivity contribution in [1.29, 1.82) is 0 Å². The molecule has 0 saturated carbocycles. The van der Waals surface area contributed by atoms with Gasteiger partial charge >= 0.3 is 0 Å². The number of aryl methyl sites for hydroxylation is 1. The number of pyridine rings is 1. The lowest BCUT2D eigenvalue weighted by Crippen LogP contribution is -2.27. The molecule has 1 aromatic rings. The van der Waals surface area contributed by atoms with E-state index in [1.807, 2.05) is 0 Å². The molecule has 1 unspecified atom stereocenters. The van der Waals surface area contributed by atoms with Crippen LogP contribution in [0.25, 0.3) is 0 Å². The molecule has 2 heterocycles. The molecule has 1 atom stereocenters. The van der Waals surface area contributed by atoms with E-state index in [1.165, 1.54) is 44.5 Å². The number of aromatic nitrogens is 1. The molecule has 0 radical (unpaired) electrons. The summed E-state index contributed by atoms with van der Waals surface area (Å²) in [4.78, 5) is 7.09. The van der Waals surface area contributed by atoms with Gasteiger partial charge in [0.1, 0.15) is 0 Å². The van der Waals surface area contributed by atoms with Crippen LogP contribution in [0.5, 0.6) is 0 Å². The van der Waals surface area contributed by atoms with Crippen LogP contribution in [0.15, 0.2) is 18.2 Å². The second-order valence-corrected chi connectivity index (χ2v) is 5.57. The third kappa shape index (κ3) is 4.92. The fraction of sp³-hybridized carbons (Fsp3) is 0.688. The Morgan fingerprint density at radius 3 is 3.00 bits per heavy atom. The molecule has 1 aliphatic heterocycles. The topological polar surface area (TPSA) is 28.2 Å². The van der Waals surface area contributed by atoms with Gasteiger partial charge in [0.05, 0.1) is 5.69 Å². The molecule has 3 nitrogen and oxygen atoms in total. The smallest absolute Gasteiger partial charge is 0.0547 e. The Hall–Kier alpha value is -0.930. The van der Waals surface area contributed by atoms with Crippen molar-refractivity contribution in [3.8, 4) is 0 Å². The molecule has 0 spiro atoms. The largest absolute Gasteiger partial charge is 0.314 e. The van der Waals surface area contributed by atoms with Gasteiger partial charge in [0, 0.05) is 18.3 Å². The predicted molar refractivity (Wildman–Crippen MR) is 80.2 cm³/mol. The van der Waals surface area contributed by atoms with Crippen LogP contribution in [0.4, 0.5) is 0 Å². The third-order valence-corrected chi connectivity index (χ3v) is 3.97. The highest BCUT2D eigenvalue weighted by Gasteiger charge is 2.14. The van der Waals surface area contributed by atoms with Gasteiger partial charge in [-0.15, -0.1) is 0 Å². The van der Waals surface area contributed by atoms with Gasteiger partial charge in [-0.1, -0.05) is 13.0 Å². The average Bonchev–Trinajstić information content (AvgIpc) is 2.91. The van der Waals surface area contributed by atoms with Gasteiger partial charge in [-0.25, -0.2) is 0 Å². The summed E-state index contributed by atoms with van der Waals surface area (Å²) in [6, 6.07) is 7.07. The van der Waals surface area contributed by atoms with Gasteiger partial charge in [-0.05, 0) is 64.4 Å². The Morgan fingerprint density at radius 1 is 1.42 bits per heavy atom. The van der Waals surface area contributed by atoms with E-state index in [4.69, 9.17) is 0 Å². The Balaban J connectivity index is 1.73. The monoisotopic (exact) mass is 261 g/mol. The second-order valence-electron chi connectivity index (χ2n) is 5.57. The Morgan fingerprint density at radius 2 is 2.32 bits per heavy atom. The summed E-state index contributed by atoms with van der Waals surface area (Å²) in [5, 5.41) is 3.57. The maximum absolute atomic E-state index is 4.59. The SMILES string of the molecule is CCN(CCCC1CCCN1)Cc1cccc(C)n1. The fourth-order valence-electron chi connectivity index (χ4n) is 2.83. The summed E-state index contributed by atoms with van der Waals surface area (Å²) < 4.78 is 0. The average molecular weight is 261 g/mol. The summed E-state index contributed by atoms with van der Waals surface area (Å²) in [6.45, 7) is 8.79. The van der Waals surface area contributed by atoms with Gasteiger partial charge in [0.2, 0.25) is 0 Å². The van der Waals surface area contributed by atoms with Crippen molar-refractivity contribution in [3.05, 3.63) is 29.6 Å². The molecular weight excluding hydrogens is 234 g/mol. The van der Waals surface area contributed by atoms with Gasteiger partial charge in [-0.2, -0.15) is 0 Å². The third-order valence-electron chi connectivity index (χ3n) is 3.97. The summed E-state index contributed by atoms with van der Waals surface area (Å²) in [7, 11) is 0. The van der Waals surface area contributed by atoms with Crippen molar-refractivity contribution in [1.82, 2.24) is 15.2 Å². The van der Waals surface area contributed by atoms with Crippen molar-refractivity contribution in [2.75, 3.05) is 19.6 Å². The van der Waals surface area contributed by atoms with Crippen molar-refractivity contribution in [2.45, 2.75) is 52.1 Å². The van der Waals surface area contributed by atoms with Crippen LogP contribution < -0.4 is 5.32 Å². The molecule has 1 N–H and O–H groups in total. The zero-order valence-electron chi connectivity index (χ0n) is 12.4. The first-order valence-electron chi connectivity index (χ1n) is 7.66. The van der Waals surface area contributed by atoms with Crippen LogP contribution in [0, 0.1) is 6.92 Å². The van der Waals surface area contributed by atoms with Crippen molar-refractivity contribution in [2.24, 2.45) is 0 Å². The molecule has 3 heteroatoms. The molecule has 106 valence electrons. The maximum atomic E-state index is 4.59. The fourth-order valence-corrected chi connectivity index (χ4v) is 2.83. The Kier molecular flexibility index (Phi) is 5.80. The van der Waals surface area contributed by atoms with Crippen LogP contribution in [-0.2, 0) is 6.54 Å². The lowest BCUT2D eigenvalue weighted by molar-refractivity contribution is 0.266. The van der Waals surface area contributed by atoms with E-state index >= 15 is 0 Å². The molecule has 1 aromatic heterocycles. The molecule has 0 aromatic carbocycles. The minimum absolute atomic E-state index is 0.774. The molecule has 0 amide bonds. The van der Waals surface area contributed by atoms with Crippen LogP contribution in [-0.4, -0.2) is 35.6 Å². The van der Waals surface area contributed by atoms with E-state index in [1.54, 1.807) is 0 Å². The highest BCUT2D eigenvalue weighted by Crippen LogP contribution is 2.12. The van der Waals surface area contributed by atoms with Crippen LogP contribution in [0.1, 0.15) is 44.0 Å². The van der Waals surface area contributed by atoms with E-state index in [2.05, 4.69) is 47.2 Å². The zero-order valence-corrected chi connectivity index (χ0v) is 12.4. The number of rotatable bonds is 7. The van der Waals surface area contributed by atoms with Gasteiger partial charge in [0.25, 0.3) is 0 Å². The van der Waals surface area contributed by atoms with Gasteiger partial charge < -0.3 is 5.32 Å². The Bertz CT molecular complexity index is 372. The number of hydrogen-bond donors (Lipinski definition) is 1. The number of nitrogens with one attached hydrogen (secondary N) is 1. The van der Waals surface area contributed by atoms with Crippen molar-refractivity contribution in [3.63, 3.8) is 0 Å². The molecule has 19 heavy (non-hydrogen) atoms. The maximum Gasteiger partial charge on any atom is 0.0547 e. The normalized spacial score (nSPS) is 19.2. The summed E-state index contributed by atoms with van der Waals surface area (Å²) in [6.07, 6.45) is 5.33. The molecular formula is C16H27N3. The van der Waals surface area contributed by atoms with E-state index in [9.17, 15) is 0 Å². The first-order valence-corrected chi connectivity index (χ1v) is 7.66. The number of nitrogens with zero attached hydrogens (tertiary/aromatic N) is 2. The van der Waals surface area contributed by atoms with Crippen molar-refractivity contribution < 1.29 is 0 Å². The molecule has 1 saturated heterocycles. The first kappa shape index (κ1) is 14.5. The first-order chi connectivity index (χ1) is 9.28. The van der Waals surface area contributed by atoms with E-state index in [0.717, 1.165) is 24.8 Å². The van der Waals surface area contributed by atoms with Crippen LogP contribution >= 0.6 is 0 Å². The highest BCUT2D eigenvalue weighted by molar-refractivity contribution is 5.09. The quantitative estimate of drug-likeness (QED) is 0.818. The Labute approximate surface area is 117 Å². The molecule has 2 rings (SSSR count). The summed E-state index contributed by atoms with van der Waals surface area (Å²) in [5.41, 5.74) is 2.31. The predicted octanol–water partition coefficient (Wildman–Crippen LogP) is 2.74. The number of hydrogen-bond acceptors (Lipinski definition) is 3. The standard InChI is InChI=1S/C16H27N3/c1-3-19(12-6-10-15-9-5-11-17-15)13-16-8-4-7-14(2)18-16/h4,7-8,15,17H,3,5-6,9-13H2,1-2H3. The second kappa shape index (κ2) is 7.61. The van der Waals surface area contributed by atoms with E-state index in [0.29, 0.717) is 0 Å². The van der Waals surface area contributed by atoms with Crippen LogP contribution in [0.3, 0.4) is 0 Å². The van der Waals surface area contributed by atoms with E-state index in [-0.39, 0.29) is 0 Å². The zero-order chi connectivity index (χ0) is 13.5. The molecule has 1 fully saturated rings. The lowest BCUT2D eigenvalue weighted by atomic mass is 10.1.